The van der Waals surface area contributed by atoms with E-state index in [0.717, 1.165) is 61.8 Å². The maximum Gasteiger partial charge on any atom is 0.227 e. The molecule has 1 fully saturated rings. The van der Waals surface area contributed by atoms with Crippen LogP contribution in [0.3, 0.4) is 0 Å². The zero-order valence-electron chi connectivity index (χ0n) is 17.0. The van der Waals surface area contributed by atoms with Crippen molar-refractivity contribution >= 4 is 22.7 Å². The van der Waals surface area contributed by atoms with E-state index >= 15 is 0 Å². The summed E-state index contributed by atoms with van der Waals surface area (Å²) in [5.74, 6) is 1.65. The van der Waals surface area contributed by atoms with Gasteiger partial charge in [0, 0.05) is 44.2 Å². The summed E-state index contributed by atoms with van der Waals surface area (Å²) in [5.41, 5.74) is 2.18. The Balaban J connectivity index is 1.58. The van der Waals surface area contributed by atoms with Crippen LogP contribution in [0.1, 0.15) is 18.9 Å². The Morgan fingerprint density at radius 3 is 2.59 bits per heavy atom. The van der Waals surface area contributed by atoms with Gasteiger partial charge >= 0.3 is 0 Å². The summed E-state index contributed by atoms with van der Waals surface area (Å²) in [6, 6.07) is 18.7. The minimum atomic E-state index is 0.190. The van der Waals surface area contributed by atoms with Crippen LogP contribution in [0.15, 0.2) is 54.6 Å². The van der Waals surface area contributed by atoms with E-state index in [4.69, 9.17) is 9.97 Å². The fraction of sp³-hybridized carbons (Fsp3) is 0.391. The lowest BCUT2D eigenvalue weighted by Gasteiger charge is -2.26. The molecule has 1 saturated heterocycles. The largest absolute Gasteiger partial charge is 0.395 e. The molecule has 1 aliphatic rings. The molecule has 0 aliphatic carbocycles. The highest BCUT2D eigenvalue weighted by molar-refractivity contribution is 5.90. The van der Waals surface area contributed by atoms with E-state index in [1.165, 1.54) is 5.56 Å². The minimum Gasteiger partial charge on any atom is -0.395 e. The fourth-order valence-corrected chi connectivity index (χ4v) is 3.82. The topological polar surface area (TPSA) is 64.5 Å². The number of benzene rings is 2. The van der Waals surface area contributed by atoms with E-state index < -0.39 is 0 Å². The third-order valence-electron chi connectivity index (χ3n) is 5.60. The molecule has 29 heavy (non-hydrogen) atoms. The Bertz CT molecular complexity index is 933. The molecule has 3 aromatic rings. The van der Waals surface area contributed by atoms with Crippen LogP contribution in [0.2, 0.25) is 0 Å². The Labute approximate surface area is 172 Å². The predicted octanol–water partition coefficient (Wildman–Crippen LogP) is 3.13. The number of fused-ring (bicyclic) bond motifs is 1. The van der Waals surface area contributed by atoms with Crippen molar-refractivity contribution in [1.82, 2.24) is 14.9 Å². The van der Waals surface area contributed by atoms with E-state index in [2.05, 4.69) is 52.4 Å². The fourth-order valence-electron chi connectivity index (χ4n) is 3.82. The van der Waals surface area contributed by atoms with Gasteiger partial charge in [0.2, 0.25) is 5.95 Å². The van der Waals surface area contributed by atoms with Crippen molar-refractivity contribution in [2.24, 2.45) is 0 Å². The molecule has 1 aromatic heterocycles. The molecular formula is C23H29N5O. The van der Waals surface area contributed by atoms with Crippen LogP contribution < -0.4 is 10.2 Å². The second-order valence-electron chi connectivity index (χ2n) is 7.64. The van der Waals surface area contributed by atoms with Crippen LogP contribution in [0.5, 0.6) is 0 Å². The van der Waals surface area contributed by atoms with Crippen molar-refractivity contribution in [3.63, 3.8) is 0 Å². The Hall–Kier alpha value is -2.70. The van der Waals surface area contributed by atoms with Gasteiger partial charge in [0.1, 0.15) is 5.82 Å². The van der Waals surface area contributed by atoms with Gasteiger partial charge in [-0.05, 0) is 31.0 Å². The zero-order chi connectivity index (χ0) is 20.1. The number of nitrogens with zero attached hydrogens (tertiary/aromatic N) is 4. The van der Waals surface area contributed by atoms with Gasteiger partial charge in [-0.1, -0.05) is 42.5 Å². The second kappa shape index (κ2) is 9.20. The van der Waals surface area contributed by atoms with Crippen LogP contribution >= 0.6 is 0 Å². The van der Waals surface area contributed by atoms with Crippen LogP contribution in [-0.2, 0) is 6.54 Å². The van der Waals surface area contributed by atoms with E-state index in [1.807, 2.05) is 24.3 Å². The van der Waals surface area contributed by atoms with Gasteiger partial charge in [0.05, 0.1) is 12.1 Å². The van der Waals surface area contributed by atoms with Gasteiger partial charge in [-0.25, -0.2) is 4.98 Å². The monoisotopic (exact) mass is 391 g/mol. The number of hydrogen-bond acceptors (Lipinski definition) is 6. The molecule has 6 nitrogen and oxygen atoms in total. The lowest BCUT2D eigenvalue weighted by Crippen LogP contribution is -2.38. The predicted molar refractivity (Wildman–Crippen MR) is 118 cm³/mol. The van der Waals surface area contributed by atoms with E-state index in [9.17, 15) is 5.11 Å². The normalized spacial score (nSPS) is 16.6. The molecule has 2 heterocycles. The molecule has 2 N–H and O–H groups in total. The van der Waals surface area contributed by atoms with Crippen LogP contribution in [-0.4, -0.2) is 58.8 Å². The number of aliphatic hydroxyl groups is 1. The maximum atomic E-state index is 9.48. The quantitative estimate of drug-likeness (QED) is 0.673. The van der Waals surface area contributed by atoms with Crippen LogP contribution in [0.4, 0.5) is 11.8 Å². The third-order valence-corrected chi connectivity index (χ3v) is 5.60. The zero-order valence-corrected chi connectivity index (χ0v) is 17.0. The molecular weight excluding hydrogens is 362 g/mol. The highest BCUT2D eigenvalue weighted by Crippen LogP contribution is 2.25. The molecule has 0 spiro atoms. The van der Waals surface area contributed by atoms with Gasteiger partial charge in [-0.2, -0.15) is 4.98 Å². The second-order valence-corrected chi connectivity index (χ2v) is 7.64. The van der Waals surface area contributed by atoms with Crippen molar-refractivity contribution in [3.8, 4) is 0 Å². The molecule has 4 rings (SSSR count). The van der Waals surface area contributed by atoms with E-state index in [-0.39, 0.29) is 12.6 Å². The summed E-state index contributed by atoms with van der Waals surface area (Å²) < 4.78 is 0. The lowest BCUT2D eigenvalue weighted by atomic mass is 10.2. The Morgan fingerprint density at radius 2 is 1.76 bits per heavy atom. The first-order chi connectivity index (χ1) is 14.2. The third kappa shape index (κ3) is 4.66. The summed E-state index contributed by atoms with van der Waals surface area (Å²) in [5, 5.41) is 14.0. The number of para-hydroxylation sites is 1. The van der Waals surface area contributed by atoms with Gasteiger partial charge in [0.15, 0.2) is 0 Å². The molecule has 1 aliphatic heterocycles. The Kier molecular flexibility index (Phi) is 6.22. The summed E-state index contributed by atoms with van der Waals surface area (Å²) >= 11 is 0. The average Bonchev–Trinajstić information content (AvgIpc) is 3.04. The molecule has 6 heteroatoms. The minimum absolute atomic E-state index is 0.190. The number of aromatic nitrogens is 2. The standard InChI is InChI=1S/C23H29N5O/c1-18(17-29)27-12-7-13-28(15-14-27)23-25-21-11-6-5-10-20(21)22(26-23)24-16-19-8-3-2-4-9-19/h2-6,8-11,18,29H,7,12-17H2,1H3,(H,24,25,26). The molecule has 2 aromatic carbocycles. The molecule has 1 unspecified atom stereocenters. The summed E-state index contributed by atoms with van der Waals surface area (Å²) in [6.45, 7) is 6.68. The van der Waals surface area contributed by atoms with Gasteiger partial charge < -0.3 is 15.3 Å². The SMILES string of the molecule is CC(CO)N1CCCN(c2nc(NCc3ccccc3)c3ccccc3n2)CC1. The van der Waals surface area contributed by atoms with E-state index in [1.54, 1.807) is 0 Å². The van der Waals surface area contributed by atoms with Gasteiger partial charge in [-0.3, -0.25) is 4.90 Å². The van der Waals surface area contributed by atoms with E-state index in [0.29, 0.717) is 0 Å². The first kappa shape index (κ1) is 19.6. The number of anilines is 2. The summed E-state index contributed by atoms with van der Waals surface area (Å²) in [6.07, 6.45) is 1.04. The highest BCUT2D eigenvalue weighted by atomic mass is 16.3. The molecule has 1 atom stereocenters. The smallest absolute Gasteiger partial charge is 0.227 e. The molecule has 152 valence electrons. The summed E-state index contributed by atoms with van der Waals surface area (Å²) in [7, 11) is 0. The van der Waals surface area contributed by atoms with Crippen molar-refractivity contribution in [2.45, 2.75) is 25.9 Å². The van der Waals surface area contributed by atoms with Crippen LogP contribution in [0.25, 0.3) is 10.9 Å². The molecule has 0 amide bonds. The number of rotatable bonds is 6. The van der Waals surface area contributed by atoms with Crippen LogP contribution in [0, 0.1) is 0 Å². The van der Waals surface area contributed by atoms with Gasteiger partial charge in [-0.15, -0.1) is 0 Å². The maximum absolute atomic E-state index is 9.48. The van der Waals surface area contributed by atoms with Crippen molar-refractivity contribution < 1.29 is 5.11 Å². The molecule has 0 bridgehead atoms. The van der Waals surface area contributed by atoms with Crippen molar-refractivity contribution in [3.05, 3.63) is 60.2 Å². The van der Waals surface area contributed by atoms with Gasteiger partial charge in [0.25, 0.3) is 0 Å². The van der Waals surface area contributed by atoms with Crippen molar-refractivity contribution in [2.75, 3.05) is 43.0 Å². The number of aliphatic hydroxyl groups excluding tert-OH is 1. The first-order valence-electron chi connectivity index (χ1n) is 10.4. The highest BCUT2D eigenvalue weighted by Gasteiger charge is 2.21. The lowest BCUT2D eigenvalue weighted by molar-refractivity contribution is 0.141. The number of nitrogens with one attached hydrogen (secondary N) is 1. The molecule has 0 radical (unpaired) electrons. The molecule has 0 saturated carbocycles. The Morgan fingerprint density at radius 1 is 0.966 bits per heavy atom. The number of hydrogen-bond donors (Lipinski definition) is 2. The average molecular weight is 392 g/mol. The first-order valence-corrected chi connectivity index (χ1v) is 10.4. The van der Waals surface area contributed by atoms with Crippen molar-refractivity contribution in [1.29, 1.82) is 0 Å². The summed E-state index contributed by atoms with van der Waals surface area (Å²) in [4.78, 5) is 14.4.